The predicted octanol–water partition coefficient (Wildman–Crippen LogP) is 2.94. The van der Waals surface area contributed by atoms with Gasteiger partial charge in [0.25, 0.3) is 0 Å². The molecule has 6 heterocycles. The van der Waals surface area contributed by atoms with Crippen LogP contribution in [0.4, 0.5) is 5.69 Å². The molecular weight excluding hydrogens is 362 g/mol. The van der Waals surface area contributed by atoms with Gasteiger partial charge in [-0.05, 0) is 43.7 Å². The summed E-state index contributed by atoms with van der Waals surface area (Å²) in [6, 6.07) is 13.3. The van der Waals surface area contributed by atoms with Gasteiger partial charge in [-0.3, -0.25) is 15.1 Å². The van der Waals surface area contributed by atoms with Crippen molar-refractivity contribution in [2.75, 3.05) is 18.0 Å². The Morgan fingerprint density at radius 3 is 2.86 bits per heavy atom. The molecule has 0 spiro atoms. The van der Waals surface area contributed by atoms with E-state index >= 15 is 0 Å². The van der Waals surface area contributed by atoms with Gasteiger partial charge in [0.2, 0.25) is 0 Å². The minimum absolute atomic E-state index is 0.565. The van der Waals surface area contributed by atoms with E-state index in [1.54, 1.807) is 0 Å². The van der Waals surface area contributed by atoms with Gasteiger partial charge < -0.3 is 10.2 Å². The van der Waals surface area contributed by atoms with Crippen LogP contribution < -0.4 is 10.2 Å². The van der Waals surface area contributed by atoms with Gasteiger partial charge in [0.05, 0.1) is 34.3 Å². The molecule has 0 amide bonds. The van der Waals surface area contributed by atoms with E-state index in [1.807, 2.05) is 49.6 Å². The summed E-state index contributed by atoms with van der Waals surface area (Å²) >= 11 is 0. The van der Waals surface area contributed by atoms with E-state index < -0.39 is 0 Å². The van der Waals surface area contributed by atoms with Crippen molar-refractivity contribution in [3.8, 4) is 22.6 Å². The second-order valence-electron chi connectivity index (χ2n) is 7.89. The maximum atomic E-state index is 4.93. The van der Waals surface area contributed by atoms with E-state index in [4.69, 9.17) is 4.98 Å². The number of fused-ring (bicyclic) bond motifs is 3. The lowest BCUT2D eigenvalue weighted by atomic mass is 10.1. The molecule has 7 nitrogen and oxygen atoms in total. The largest absolute Gasteiger partial charge is 0.364 e. The highest BCUT2D eigenvalue weighted by atomic mass is 15.3. The summed E-state index contributed by atoms with van der Waals surface area (Å²) in [5.41, 5.74) is 7.39. The van der Waals surface area contributed by atoms with E-state index in [0.29, 0.717) is 12.1 Å². The molecule has 0 radical (unpaired) electrons. The zero-order chi connectivity index (χ0) is 19.4. The predicted molar refractivity (Wildman–Crippen MR) is 113 cm³/mol. The molecule has 0 aromatic carbocycles. The number of pyridine rings is 3. The molecule has 7 heteroatoms. The van der Waals surface area contributed by atoms with Crippen LogP contribution in [-0.2, 0) is 0 Å². The first-order valence-electron chi connectivity index (χ1n) is 9.99. The number of aromatic nitrogens is 5. The fourth-order valence-corrected chi connectivity index (χ4v) is 4.54. The fraction of sp³-hybridized carbons (Fsp3) is 0.273. The quantitative estimate of drug-likeness (QED) is 0.566. The van der Waals surface area contributed by atoms with Crippen LogP contribution in [0.2, 0.25) is 0 Å². The Balaban J connectivity index is 1.41. The van der Waals surface area contributed by atoms with E-state index in [2.05, 4.69) is 36.4 Å². The van der Waals surface area contributed by atoms with Crippen molar-refractivity contribution in [1.82, 2.24) is 30.5 Å². The molecule has 2 bridgehead atoms. The van der Waals surface area contributed by atoms with E-state index in [0.717, 1.165) is 58.1 Å². The third kappa shape index (κ3) is 2.77. The summed E-state index contributed by atoms with van der Waals surface area (Å²) in [5, 5.41) is 11.0. The maximum Gasteiger partial charge on any atom is 0.120 e. The molecule has 2 aliphatic heterocycles. The molecule has 0 saturated carbocycles. The van der Waals surface area contributed by atoms with Crippen LogP contribution in [0.3, 0.4) is 0 Å². The Hall–Kier alpha value is -3.32. The molecule has 2 aliphatic rings. The van der Waals surface area contributed by atoms with Crippen molar-refractivity contribution in [3.63, 3.8) is 0 Å². The number of aromatic amines is 1. The lowest BCUT2D eigenvalue weighted by Crippen LogP contribution is -2.43. The lowest BCUT2D eigenvalue weighted by Gasteiger charge is -2.29. The minimum Gasteiger partial charge on any atom is -0.364 e. The van der Waals surface area contributed by atoms with Crippen LogP contribution in [0.1, 0.15) is 12.1 Å². The summed E-state index contributed by atoms with van der Waals surface area (Å²) in [6.45, 7) is 4.08. The van der Waals surface area contributed by atoms with Crippen molar-refractivity contribution < 1.29 is 0 Å². The topological polar surface area (TPSA) is 82.6 Å². The average Bonchev–Trinajstić information content (AvgIpc) is 3.49. The van der Waals surface area contributed by atoms with Gasteiger partial charge in [-0.15, -0.1) is 0 Å². The molecular formula is C22H21N7. The summed E-state index contributed by atoms with van der Waals surface area (Å²) in [4.78, 5) is 16.7. The molecule has 4 aromatic heterocycles. The smallest absolute Gasteiger partial charge is 0.120 e. The Kier molecular flexibility index (Phi) is 3.64. The second kappa shape index (κ2) is 6.35. The number of nitrogens with one attached hydrogen (secondary N) is 2. The molecule has 2 fully saturated rings. The van der Waals surface area contributed by atoms with Gasteiger partial charge in [0.15, 0.2) is 0 Å². The Bertz CT molecular complexity index is 1210. The summed E-state index contributed by atoms with van der Waals surface area (Å²) < 4.78 is 0. The number of aryl methyl sites for hydroxylation is 1. The number of nitrogens with zero attached hydrogens (tertiary/aromatic N) is 5. The Labute approximate surface area is 168 Å². The van der Waals surface area contributed by atoms with Crippen molar-refractivity contribution in [3.05, 3.63) is 54.5 Å². The van der Waals surface area contributed by atoms with Gasteiger partial charge in [-0.1, -0.05) is 6.07 Å². The maximum absolute atomic E-state index is 4.93. The highest BCUT2D eigenvalue weighted by molar-refractivity contribution is 5.84. The van der Waals surface area contributed by atoms with Crippen LogP contribution in [-0.4, -0.2) is 50.3 Å². The number of anilines is 1. The van der Waals surface area contributed by atoms with Gasteiger partial charge >= 0.3 is 0 Å². The van der Waals surface area contributed by atoms with Crippen LogP contribution >= 0.6 is 0 Å². The first-order chi connectivity index (χ1) is 14.2. The molecule has 0 unspecified atom stereocenters. The monoisotopic (exact) mass is 383 g/mol. The number of piperazine rings is 1. The third-order valence-electron chi connectivity index (χ3n) is 5.96. The van der Waals surface area contributed by atoms with E-state index in [-0.39, 0.29) is 0 Å². The molecule has 2 saturated heterocycles. The molecule has 144 valence electrons. The van der Waals surface area contributed by atoms with Gasteiger partial charge in [-0.2, -0.15) is 5.10 Å². The third-order valence-corrected chi connectivity index (χ3v) is 5.96. The molecule has 6 rings (SSSR count). The normalized spacial score (nSPS) is 20.7. The van der Waals surface area contributed by atoms with E-state index in [9.17, 15) is 0 Å². The highest BCUT2D eigenvalue weighted by Crippen LogP contribution is 2.32. The number of hydrogen-bond acceptors (Lipinski definition) is 6. The number of hydrogen-bond donors (Lipinski definition) is 2. The standard InChI is InChI=1S/C22H21N7/c1-13-3-2-4-20(26-13)22-17(11-25-28-22)18-5-6-19-21(27-18)8-16(10-24-19)29-12-14-7-15(29)9-23-14/h2-6,8,10-11,14-15,23H,7,9,12H2,1H3,(H,25,28)/t14-,15-/m0/s1. The molecule has 4 aromatic rings. The SMILES string of the molecule is Cc1cccc(-c2n[nH]cc2-c2ccc3ncc(N4C[C@@H]5C[C@H]4CN5)cc3n2)n1. The van der Waals surface area contributed by atoms with Gasteiger partial charge in [-0.25, -0.2) is 4.98 Å². The van der Waals surface area contributed by atoms with Crippen molar-refractivity contribution in [1.29, 1.82) is 0 Å². The van der Waals surface area contributed by atoms with Crippen LogP contribution in [0.15, 0.2) is 48.8 Å². The Morgan fingerprint density at radius 2 is 2.03 bits per heavy atom. The zero-order valence-electron chi connectivity index (χ0n) is 16.1. The first kappa shape index (κ1) is 16.6. The summed E-state index contributed by atoms with van der Waals surface area (Å²) in [6.07, 6.45) is 5.08. The molecule has 0 aliphatic carbocycles. The van der Waals surface area contributed by atoms with Crippen molar-refractivity contribution in [2.24, 2.45) is 0 Å². The minimum atomic E-state index is 0.565. The van der Waals surface area contributed by atoms with E-state index in [1.165, 1.54) is 6.42 Å². The lowest BCUT2D eigenvalue weighted by molar-refractivity contribution is 0.580. The van der Waals surface area contributed by atoms with Crippen molar-refractivity contribution >= 4 is 16.7 Å². The van der Waals surface area contributed by atoms with Gasteiger partial charge in [0.1, 0.15) is 5.69 Å². The number of rotatable bonds is 3. The zero-order valence-corrected chi connectivity index (χ0v) is 16.1. The Morgan fingerprint density at radius 1 is 1.07 bits per heavy atom. The fourth-order valence-electron chi connectivity index (χ4n) is 4.54. The first-order valence-corrected chi connectivity index (χ1v) is 9.99. The molecule has 2 atom stereocenters. The molecule has 29 heavy (non-hydrogen) atoms. The van der Waals surface area contributed by atoms with Gasteiger partial charge in [0, 0.05) is 42.6 Å². The highest BCUT2D eigenvalue weighted by Gasteiger charge is 2.37. The second-order valence-corrected chi connectivity index (χ2v) is 7.89. The van der Waals surface area contributed by atoms with Crippen molar-refractivity contribution in [2.45, 2.75) is 25.4 Å². The molecule has 2 N–H and O–H groups in total. The average molecular weight is 383 g/mol. The van der Waals surface area contributed by atoms with Crippen LogP contribution in [0.25, 0.3) is 33.7 Å². The summed E-state index contributed by atoms with van der Waals surface area (Å²) in [5.74, 6) is 0. The summed E-state index contributed by atoms with van der Waals surface area (Å²) in [7, 11) is 0. The number of H-pyrrole nitrogens is 1. The van der Waals surface area contributed by atoms with Crippen LogP contribution in [0, 0.1) is 6.92 Å². The van der Waals surface area contributed by atoms with Crippen LogP contribution in [0.5, 0.6) is 0 Å².